The molecule has 7 atom stereocenters. The van der Waals surface area contributed by atoms with Gasteiger partial charge in [-0.1, -0.05) is 34.1 Å². The molecule has 0 aromatic rings. The lowest BCUT2D eigenvalue weighted by Crippen LogP contribution is -2.59. The van der Waals surface area contributed by atoms with Gasteiger partial charge in [-0.15, -0.1) is 0 Å². The lowest BCUT2D eigenvalue weighted by Gasteiger charge is -2.38. The standard InChI is InChI=1S/C25H42N2O6/c1-7-10-16(6)26-21(29)20-25-12-11-24(8-2,33-25)19(23(31)32-9-3)18(25)22(30)27(20)17(14-28)13-15(4)5/h15-20,28H,7-14H2,1-6H3,(H,26,29)/t16?,17-,18+,19+,20?,24-,25?/m1/s1. The Labute approximate surface area is 197 Å². The predicted molar refractivity (Wildman–Crippen MR) is 123 cm³/mol. The zero-order chi connectivity index (χ0) is 24.6. The molecule has 0 aliphatic carbocycles. The van der Waals surface area contributed by atoms with Gasteiger partial charge in [0.1, 0.15) is 17.6 Å². The smallest absolute Gasteiger partial charge is 0.312 e. The molecule has 0 radical (unpaired) electrons. The van der Waals surface area contributed by atoms with Crippen LogP contribution in [-0.2, 0) is 23.9 Å². The Morgan fingerprint density at radius 2 is 1.94 bits per heavy atom. The fourth-order valence-corrected chi connectivity index (χ4v) is 6.59. The molecular formula is C25H42N2O6. The molecule has 1 spiro atoms. The summed E-state index contributed by atoms with van der Waals surface area (Å²) in [5, 5.41) is 13.3. The van der Waals surface area contributed by atoms with Gasteiger partial charge in [-0.25, -0.2) is 0 Å². The van der Waals surface area contributed by atoms with Crippen molar-refractivity contribution in [3.63, 3.8) is 0 Å². The number of fused-ring (bicyclic) bond motifs is 1. The first kappa shape index (κ1) is 25.9. The Kier molecular flexibility index (Phi) is 7.79. The minimum absolute atomic E-state index is 0.0489. The molecule has 3 heterocycles. The van der Waals surface area contributed by atoms with Gasteiger partial charge >= 0.3 is 5.97 Å². The lowest BCUT2D eigenvalue weighted by atomic mass is 9.65. The molecular weight excluding hydrogens is 424 g/mol. The molecule has 3 aliphatic heterocycles. The molecule has 2 N–H and O–H groups in total. The highest BCUT2D eigenvalue weighted by molar-refractivity contribution is 5.98. The molecule has 8 nitrogen and oxygen atoms in total. The van der Waals surface area contributed by atoms with Crippen LogP contribution >= 0.6 is 0 Å². The molecule has 3 unspecified atom stereocenters. The van der Waals surface area contributed by atoms with Crippen molar-refractivity contribution in [3.05, 3.63) is 0 Å². The zero-order valence-electron chi connectivity index (χ0n) is 21.1. The highest BCUT2D eigenvalue weighted by Gasteiger charge is 2.79. The van der Waals surface area contributed by atoms with Crippen molar-refractivity contribution in [2.24, 2.45) is 17.8 Å². The number of esters is 1. The summed E-state index contributed by atoms with van der Waals surface area (Å²) in [6.07, 6.45) is 4.01. The Balaban J connectivity index is 2.08. The summed E-state index contributed by atoms with van der Waals surface area (Å²) in [5.41, 5.74) is -1.87. The second-order valence-electron chi connectivity index (χ2n) is 10.5. The maximum Gasteiger partial charge on any atom is 0.312 e. The number of nitrogens with one attached hydrogen (secondary N) is 1. The second kappa shape index (κ2) is 9.90. The molecule has 33 heavy (non-hydrogen) atoms. The van der Waals surface area contributed by atoms with E-state index >= 15 is 0 Å². The molecule has 3 aliphatic rings. The summed E-state index contributed by atoms with van der Waals surface area (Å²) in [5.74, 6) is -2.25. The Morgan fingerprint density at radius 1 is 1.24 bits per heavy atom. The van der Waals surface area contributed by atoms with Crippen molar-refractivity contribution < 1.29 is 29.0 Å². The third kappa shape index (κ3) is 4.18. The number of amides is 2. The number of nitrogens with zero attached hydrogens (tertiary/aromatic N) is 1. The van der Waals surface area contributed by atoms with Crippen molar-refractivity contribution in [2.75, 3.05) is 13.2 Å². The third-order valence-corrected chi connectivity index (χ3v) is 7.87. The fraction of sp³-hybridized carbons (Fsp3) is 0.880. The summed E-state index contributed by atoms with van der Waals surface area (Å²) < 4.78 is 12.1. The van der Waals surface area contributed by atoms with Gasteiger partial charge in [-0.05, 0) is 51.9 Å². The van der Waals surface area contributed by atoms with E-state index in [0.717, 1.165) is 12.8 Å². The number of hydrogen-bond donors (Lipinski definition) is 2. The van der Waals surface area contributed by atoms with Gasteiger partial charge in [0.25, 0.3) is 0 Å². The fourth-order valence-electron chi connectivity index (χ4n) is 6.59. The van der Waals surface area contributed by atoms with E-state index in [1.807, 2.05) is 27.7 Å². The summed E-state index contributed by atoms with van der Waals surface area (Å²) in [7, 11) is 0. The van der Waals surface area contributed by atoms with E-state index in [1.165, 1.54) is 0 Å². The average Bonchev–Trinajstić information content (AvgIpc) is 3.36. The molecule has 188 valence electrons. The molecule has 3 saturated heterocycles. The topological polar surface area (TPSA) is 105 Å². The Hall–Kier alpha value is -1.67. The van der Waals surface area contributed by atoms with Crippen molar-refractivity contribution in [1.29, 1.82) is 0 Å². The number of hydrogen-bond acceptors (Lipinski definition) is 6. The average molecular weight is 467 g/mol. The normalized spacial score (nSPS) is 34.5. The maximum atomic E-state index is 14.0. The molecule has 2 amide bonds. The van der Waals surface area contributed by atoms with Crippen molar-refractivity contribution in [2.45, 2.75) is 109 Å². The summed E-state index contributed by atoms with van der Waals surface area (Å²) in [4.78, 5) is 42.4. The number of aliphatic hydroxyl groups excluding tert-OH is 1. The number of aliphatic hydroxyl groups is 1. The third-order valence-electron chi connectivity index (χ3n) is 7.87. The van der Waals surface area contributed by atoms with Crippen LogP contribution in [0.25, 0.3) is 0 Å². The van der Waals surface area contributed by atoms with Gasteiger partial charge in [0.2, 0.25) is 11.8 Å². The molecule has 3 rings (SSSR count). The van der Waals surface area contributed by atoms with Gasteiger partial charge in [-0.2, -0.15) is 0 Å². The van der Waals surface area contributed by atoms with Crippen LogP contribution in [0.1, 0.15) is 80.1 Å². The number of carbonyl (C=O) groups excluding carboxylic acids is 3. The van der Waals surface area contributed by atoms with E-state index < -0.39 is 41.1 Å². The highest BCUT2D eigenvalue weighted by Crippen LogP contribution is 2.64. The van der Waals surface area contributed by atoms with E-state index in [4.69, 9.17) is 9.47 Å². The molecule has 0 aromatic heterocycles. The van der Waals surface area contributed by atoms with Crippen LogP contribution in [0.15, 0.2) is 0 Å². The van der Waals surface area contributed by atoms with Gasteiger partial charge in [0.15, 0.2) is 0 Å². The first-order valence-corrected chi connectivity index (χ1v) is 12.7. The summed E-state index contributed by atoms with van der Waals surface area (Å²) >= 11 is 0. The molecule has 2 bridgehead atoms. The Morgan fingerprint density at radius 3 is 2.48 bits per heavy atom. The Bertz CT molecular complexity index is 757. The number of rotatable bonds is 11. The molecule has 0 saturated carbocycles. The largest absolute Gasteiger partial charge is 0.466 e. The quantitative estimate of drug-likeness (QED) is 0.453. The van der Waals surface area contributed by atoms with Crippen molar-refractivity contribution >= 4 is 17.8 Å². The molecule has 0 aromatic carbocycles. The van der Waals surface area contributed by atoms with Crippen LogP contribution in [0.4, 0.5) is 0 Å². The first-order valence-electron chi connectivity index (χ1n) is 12.7. The van der Waals surface area contributed by atoms with E-state index in [0.29, 0.717) is 25.7 Å². The van der Waals surface area contributed by atoms with Gasteiger partial charge in [-0.3, -0.25) is 14.4 Å². The van der Waals surface area contributed by atoms with Crippen LogP contribution in [0.5, 0.6) is 0 Å². The minimum Gasteiger partial charge on any atom is -0.466 e. The monoisotopic (exact) mass is 466 g/mol. The maximum absolute atomic E-state index is 14.0. The number of carbonyl (C=O) groups is 3. The highest BCUT2D eigenvalue weighted by atomic mass is 16.6. The van der Waals surface area contributed by atoms with E-state index in [9.17, 15) is 19.5 Å². The second-order valence-corrected chi connectivity index (χ2v) is 10.5. The van der Waals surface area contributed by atoms with Crippen LogP contribution in [0.2, 0.25) is 0 Å². The van der Waals surface area contributed by atoms with Crippen LogP contribution < -0.4 is 5.32 Å². The predicted octanol–water partition coefficient (Wildman–Crippen LogP) is 2.42. The number of likely N-dealkylation sites (tertiary alicyclic amines) is 1. The van der Waals surface area contributed by atoms with E-state index in [1.54, 1.807) is 11.8 Å². The molecule has 3 fully saturated rings. The van der Waals surface area contributed by atoms with Crippen LogP contribution in [0, 0.1) is 17.8 Å². The zero-order valence-corrected chi connectivity index (χ0v) is 21.1. The van der Waals surface area contributed by atoms with Crippen molar-refractivity contribution in [1.82, 2.24) is 10.2 Å². The lowest BCUT2D eigenvalue weighted by molar-refractivity contribution is -0.162. The summed E-state index contributed by atoms with van der Waals surface area (Å²) in [6, 6.07) is -1.44. The van der Waals surface area contributed by atoms with Crippen LogP contribution in [0.3, 0.4) is 0 Å². The number of ether oxygens (including phenoxy) is 2. The van der Waals surface area contributed by atoms with E-state index in [-0.39, 0.29) is 37.0 Å². The SMILES string of the molecule is CCCC(C)NC(=O)C1N([C@@H](CO)CC(C)C)C(=O)[C@@H]2[C@@H](C(=O)OCC)[C@@]3(CC)CCC12O3. The van der Waals surface area contributed by atoms with E-state index in [2.05, 4.69) is 12.2 Å². The van der Waals surface area contributed by atoms with Gasteiger partial charge < -0.3 is 24.8 Å². The minimum atomic E-state index is -1.08. The van der Waals surface area contributed by atoms with Gasteiger partial charge in [0, 0.05) is 6.04 Å². The first-order chi connectivity index (χ1) is 15.6. The summed E-state index contributed by atoms with van der Waals surface area (Å²) in [6.45, 7) is 11.7. The van der Waals surface area contributed by atoms with Crippen molar-refractivity contribution in [3.8, 4) is 0 Å². The van der Waals surface area contributed by atoms with Crippen LogP contribution in [-0.4, -0.2) is 70.3 Å². The van der Waals surface area contributed by atoms with Gasteiger partial charge in [0.05, 0.1) is 30.8 Å². The molecule has 8 heteroatoms.